The second-order valence-electron chi connectivity index (χ2n) is 6.10. The van der Waals surface area contributed by atoms with E-state index in [2.05, 4.69) is 10.3 Å². The van der Waals surface area contributed by atoms with Crippen LogP contribution >= 0.6 is 0 Å². The van der Waals surface area contributed by atoms with Gasteiger partial charge in [-0.25, -0.2) is 13.4 Å². The molecule has 0 bridgehead atoms. The predicted octanol–water partition coefficient (Wildman–Crippen LogP) is 1.50. The lowest BCUT2D eigenvalue weighted by Gasteiger charge is -2.09. The molecule has 1 N–H and O–H groups in total. The van der Waals surface area contributed by atoms with E-state index in [0.29, 0.717) is 29.5 Å². The molecule has 1 amide bonds. The molecule has 25 heavy (non-hydrogen) atoms. The summed E-state index contributed by atoms with van der Waals surface area (Å²) in [4.78, 5) is 16.6. The van der Waals surface area contributed by atoms with E-state index in [1.165, 1.54) is 0 Å². The molecule has 1 aromatic heterocycles. The van der Waals surface area contributed by atoms with Crippen molar-refractivity contribution in [2.75, 3.05) is 18.6 Å². The molecule has 7 nitrogen and oxygen atoms in total. The summed E-state index contributed by atoms with van der Waals surface area (Å²) in [6.45, 7) is 1.75. The first-order chi connectivity index (χ1) is 11.9. The van der Waals surface area contributed by atoms with Crippen LogP contribution in [0, 0.1) is 6.92 Å². The summed E-state index contributed by atoms with van der Waals surface area (Å²) in [6, 6.07) is 6.99. The van der Waals surface area contributed by atoms with Gasteiger partial charge in [-0.15, -0.1) is 0 Å². The van der Waals surface area contributed by atoms with E-state index in [9.17, 15) is 13.2 Å². The van der Waals surface area contributed by atoms with E-state index in [0.717, 1.165) is 5.56 Å². The first-order valence-corrected chi connectivity index (χ1v) is 9.79. The lowest BCUT2D eigenvalue weighted by molar-refractivity contribution is -0.121. The smallest absolute Gasteiger partial charge is 0.226 e. The number of methoxy groups -OCH3 is 1. The summed E-state index contributed by atoms with van der Waals surface area (Å²) in [5.74, 6) is 1.55. The molecule has 2 aromatic rings. The molecular weight excluding hydrogens is 344 g/mol. The minimum atomic E-state index is -3.02. The average Bonchev–Trinajstić information content (AvgIpc) is 3.10. The highest BCUT2D eigenvalue weighted by Gasteiger charge is 2.29. The minimum Gasteiger partial charge on any atom is -0.497 e. The summed E-state index contributed by atoms with van der Waals surface area (Å²) in [5.41, 5.74) is 1.30. The van der Waals surface area contributed by atoms with E-state index in [-0.39, 0.29) is 29.9 Å². The largest absolute Gasteiger partial charge is 0.497 e. The van der Waals surface area contributed by atoms with Gasteiger partial charge in [-0.1, -0.05) is 6.07 Å². The van der Waals surface area contributed by atoms with Crippen LogP contribution in [0.3, 0.4) is 0 Å². The number of carbonyl (C=O) groups excluding carboxylic acids is 1. The van der Waals surface area contributed by atoms with E-state index >= 15 is 0 Å². The number of amides is 1. The van der Waals surface area contributed by atoms with Crippen LogP contribution in [0.5, 0.6) is 5.75 Å². The van der Waals surface area contributed by atoms with Crippen molar-refractivity contribution in [2.45, 2.75) is 25.8 Å². The average molecular weight is 364 g/mol. The van der Waals surface area contributed by atoms with Crippen molar-refractivity contribution >= 4 is 15.7 Å². The number of sulfone groups is 1. The highest BCUT2D eigenvalue weighted by Crippen LogP contribution is 2.25. The van der Waals surface area contributed by atoms with Crippen LogP contribution in [0.2, 0.25) is 0 Å². The number of aromatic nitrogens is 1. The molecule has 1 aromatic carbocycles. The predicted molar refractivity (Wildman–Crippen MR) is 92.1 cm³/mol. The number of nitrogens with zero attached hydrogens (tertiary/aromatic N) is 1. The highest BCUT2D eigenvalue weighted by molar-refractivity contribution is 7.91. The maximum atomic E-state index is 12.2. The summed E-state index contributed by atoms with van der Waals surface area (Å²) in [7, 11) is -1.44. The van der Waals surface area contributed by atoms with Crippen molar-refractivity contribution in [1.82, 2.24) is 10.3 Å². The van der Waals surface area contributed by atoms with Gasteiger partial charge >= 0.3 is 0 Å². The van der Waals surface area contributed by atoms with E-state index in [1.54, 1.807) is 20.1 Å². The Morgan fingerprint density at radius 1 is 1.44 bits per heavy atom. The number of aryl methyl sites for hydroxylation is 1. The first-order valence-electron chi connectivity index (χ1n) is 7.97. The van der Waals surface area contributed by atoms with Gasteiger partial charge in [-0.3, -0.25) is 4.79 Å². The Morgan fingerprint density at radius 2 is 2.24 bits per heavy atom. The number of nitrogens with one attached hydrogen (secondary N) is 1. The van der Waals surface area contributed by atoms with Crippen LogP contribution in [0.15, 0.2) is 28.7 Å². The van der Waals surface area contributed by atoms with Crippen molar-refractivity contribution in [3.63, 3.8) is 0 Å². The third-order valence-corrected chi connectivity index (χ3v) is 5.90. The summed E-state index contributed by atoms with van der Waals surface area (Å²) < 4.78 is 33.8. The van der Waals surface area contributed by atoms with Crippen molar-refractivity contribution in [3.8, 4) is 17.2 Å². The third kappa shape index (κ3) is 4.19. The van der Waals surface area contributed by atoms with Gasteiger partial charge in [-0.2, -0.15) is 0 Å². The summed E-state index contributed by atoms with van der Waals surface area (Å²) in [5, 5.41) is 2.76. The second kappa shape index (κ2) is 6.87. The van der Waals surface area contributed by atoms with Crippen LogP contribution in [0.4, 0.5) is 0 Å². The summed E-state index contributed by atoms with van der Waals surface area (Å²) >= 11 is 0. The quantitative estimate of drug-likeness (QED) is 0.863. The second-order valence-corrected chi connectivity index (χ2v) is 8.33. The number of hydrogen-bond donors (Lipinski definition) is 1. The van der Waals surface area contributed by atoms with Crippen molar-refractivity contribution in [2.24, 2.45) is 0 Å². The fraction of sp³-hybridized carbons (Fsp3) is 0.412. The van der Waals surface area contributed by atoms with Gasteiger partial charge in [0.05, 0.1) is 30.7 Å². The zero-order valence-electron chi connectivity index (χ0n) is 14.1. The number of oxazole rings is 1. The van der Waals surface area contributed by atoms with Gasteiger partial charge in [0.15, 0.2) is 9.84 Å². The Labute approximate surface area is 146 Å². The molecule has 8 heteroatoms. The Morgan fingerprint density at radius 3 is 2.92 bits per heavy atom. The normalized spacial score (nSPS) is 18.9. The van der Waals surface area contributed by atoms with Crippen molar-refractivity contribution in [3.05, 3.63) is 35.7 Å². The van der Waals surface area contributed by atoms with Gasteiger partial charge < -0.3 is 14.5 Å². The standard InChI is InChI=1S/C17H20N2O5S/c1-11-15(9-16(20)18-13-6-7-25(21,22)10-13)19-17(24-11)12-4-3-5-14(8-12)23-2/h3-5,8,13H,6-7,9-10H2,1-2H3,(H,18,20). The molecule has 0 spiro atoms. The van der Waals surface area contributed by atoms with Gasteiger partial charge in [-0.05, 0) is 31.5 Å². The zero-order valence-corrected chi connectivity index (χ0v) is 14.9. The van der Waals surface area contributed by atoms with Gasteiger partial charge in [0.2, 0.25) is 11.8 Å². The van der Waals surface area contributed by atoms with Crippen LogP contribution < -0.4 is 10.1 Å². The molecule has 1 fully saturated rings. The zero-order chi connectivity index (χ0) is 18.0. The van der Waals surface area contributed by atoms with Crippen LogP contribution in [-0.4, -0.2) is 44.0 Å². The van der Waals surface area contributed by atoms with Gasteiger partial charge in [0, 0.05) is 11.6 Å². The molecule has 2 heterocycles. The van der Waals surface area contributed by atoms with E-state index < -0.39 is 9.84 Å². The Balaban J connectivity index is 1.69. The SMILES string of the molecule is COc1cccc(-c2nc(CC(=O)NC3CCS(=O)(=O)C3)c(C)o2)c1. The van der Waals surface area contributed by atoms with Crippen LogP contribution in [0.1, 0.15) is 17.9 Å². The minimum absolute atomic E-state index is 0.00555. The summed E-state index contributed by atoms with van der Waals surface area (Å²) in [6.07, 6.45) is 0.511. The van der Waals surface area contributed by atoms with Gasteiger partial charge in [0.25, 0.3) is 0 Å². The molecular formula is C17H20N2O5S. The third-order valence-electron chi connectivity index (χ3n) is 4.13. The Kier molecular flexibility index (Phi) is 4.80. The molecule has 1 aliphatic rings. The number of carbonyl (C=O) groups is 1. The molecule has 1 aliphatic heterocycles. The van der Waals surface area contributed by atoms with E-state index in [1.807, 2.05) is 18.2 Å². The lowest BCUT2D eigenvalue weighted by atomic mass is 10.2. The lowest BCUT2D eigenvalue weighted by Crippen LogP contribution is -2.36. The fourth-order valence-electron chi connectivity index (χ4n) is 2.81. The maximum Gasteiger partial charge on any atom is 0.226 e. The number of benzene rings is 1. The van der Waals surface area contributed by atoms with E-state index in [4.69, 9.17) is 9.15 Å². The Bertz CT molecular complexity index is 888. The fourth-order valence-corrected chi connectivity index (χ4v) is 4.48. The Hall–Kier alpha value is -2.35. The maximum absolute atomic E-state index is 12.2. The molecule has 1 atom stereocenters. The topological polar surface area (TPSA) is 98.5 Å². The van der Waals surface area contributed by atoms with Crippen LogP contribution in [0.25, 0.3) is 11.5 Å². The molecule has 1 saturated heterocycles. The molecule has 3 rings (SSSR count). The molecule has 134 valence electrons. The molecule has 0 aliphatic carbocycles. The van der Waals surface area contributed by atoms with Gasteiger partial charge in [0.1, 0.15) is 11.5 Å². The number of hydrogen-bond acceptors (Lipinski definition) is 6. The number of ether oxygens (including phenoxy) is 1. The number of rotatable bonds is 5. The highest BCUT2D eigenvalue weighted by atomic mass is 32.2. The monoisotopic (exact) mass is 364 g/mol. The molecule has 0 saturated carbocycles. The molecule has 0 radical (unpaired) electrons. The first kappa shape index (κ1) is 17.5. The van der Waals surface area contributed by atoms with Crippen molar-refractivity contribution in [1.29, 1.82) is 0 Å². The van der Waals surface area contributed by atoms with Crippen molar-refractivity contribution < 1.29 is 22.4 Å². The van der Waals surface area contributed by atoms with Crippen LogP contribution in [-0.2, 0) is 21.1 Å². The molecule has 1 unspecified atom stereocenters.